The van der Waals surface area contributed by atoms with E-state index in [9.17, 15) is 0 Å². The van der Waals surface area contributed by atoms with Gasteiger partial charge in [-0.1, -0.05) is 0 Å². The second-order valence-corrected chi connectivity index (χ2v) is 4.72. The molecule has 1 aliphatic rings. The van der Waals surface area contributed by atoms with E-state index in [2.05, 4.69) is 16.8 Å². The summed E-state index contributed by atoms with van der Waals surface area (Å²) in [6, 6.07) is 6.03. The van der Waals surface area contributed by atoms with E-state index < -0.39 is 0 Å². The highest BCUT2D eigenvalue weighted by atomic mass is 16.6. The van der Waals surface area contributed by atoms with Crippen molar-refractivity contribution in [2.45, 2.75) is 6.92 Å². The Hall–Kier alpha value is -2.01. The summed E-state index contributed by atoms with van der Waals surface area (Å²) < 4.78 is 11.3. The van der Waals surface area contributed by atoms with Gasteiger partial charge in [-0.25, -0.2) is 4.98 Å². The van der Waals surface area contributed by atoms with Crippen LogP contribution in [0.2, 0.25) is 0 Å². The van der Waals surface area contributed by atoms with Gasteiger partial charge in [0.05, 0.1) is 0 Å². The van der Waals surface area contributed by atoms with Crippen LogP contribution >= 0.6 is 0 Å². The van der Waals surface area contributed by atoms with Crippen molar-refractivity contribution in [3.05, 3.63) is 24.4 Å². The number of aromatic nitrogens is 1. The van der Waals surface area contributed by atoms with Gasteiger partial charge in [-0.2, -0.15) is 0 Å². The minimum absolute atomic E-state index is 0.592. The summed E-state index contributed by atoms with van der Waals surface area (Å²) in [7, 11) is 0. The highest BCUT2D eigenvalue weighted by molar-refractivity contribution is 5.94. The lowest BCUT2D eigenvalue weighted by molar-refractivity contribution is 0.172. The number of hydrogen-bond donors (Lipinski definition) is 1. The Kier molecular flexibility index (Phi) is 3.60. The molecular weight excluding hydrogens is 254 g/mol. The zero-order valence-corrected chi connectivity index (χ0v) is 11.6. The number of hydrogen-bond acceptors (Lipinski definition) is 5. The van der Waals surface area contributed by atoms with Crippen molar-refractivity contribution in [2.75, 3.05) is 37.7 Å². The van der Waals surface area contributed by atoms with Crippen molar-refractivity contribution in [2.24, 2.45) is 5.73 Å². The molecule has 1 aromatic heterocycles. The number of anilines is 1. The zero-order chi connectivity index (χ0) is 13.9. The topological polar surface area (TPSA) is 60.6 Å². The van der Waals surface area contributed by atoms with Gasteiger partial charge in [-0.3, -0.25) is 0 Å². The molecule has 1 aromatic carbocycles. The predicted molar refractivity (Wildman–Crippen MR) is 79.7 cm³/mol. The summed E-state index contributed by atoms with van der Waals surface area (Å²) in [5.74, 6) is 2.55. The highest BCUT2D eigenvalue weighted by Crippen LogP contribution is 2.37. The Labute approximate surface area is 118 Å². The average molecular weight is 273 g/mol. The highest BCUT2D eigenvalue weighted by Gasteiger charge is 2.16. The van der Waals surface area contributed by atoms with E-state index >= 15 is 0 Å². The SMILES string of the molecule is CCN(CCN)c1nccc2cc3c(cc12)OCCO3. The van der Waals surface area contributed by atoms with E-state index in [0.29, 0.717) is 19.8 Å². The molecule has 0 saturated carbocycles. The molecular formula is C15H19N3O2. The molecule has 0 fully saturated rings. The fraction of sp³-hybridized carbons (Fsp3) is 0.400. The Morgan fingerprint density at radius 2 is 2.00 bits per heavy atom. The molecule has 106 valence electrons. The standard InChI is InChI=1S/C15H19N3O2/c1-2-18(6-4-16)15-12-10-14-13(19-7-8-20-14)9-11(12)3-5-17-15/h3,5,9-10H,2,4,6-8,16H2,1H3. The number of nitrogens with two attached hydrogens (primary N) is 1. The van der Waals surface area contributed by atoms with Crippen molar-refractivity contribution in [1.82, 2.24) is 4.98 Å². The second kappa shape index (κ2) is 5.54. The molecule has 0 aliphatic carbocycles. The molecule has 3 rings (SSSR count). The van der Waals surface area contributed by atoms with E-state index in [-0.39, 0.29) is 0 Å². The van der Waals surface area contributed by atoms with Gasteiger partial charge in [0.2, 0.25) is 0 Å². The number of nitrogens with zero attached hydrogens (tertiary/aromatic N) is 2. The molecule has 0 atom stereocenters. The van der Waals surface area contributed by atoms with Crippen LogP contribution in [0.5, 0.6) is 11.5 Å². The number of ether oxygens (including phenoxy) is 2. The summed E-state index contributed by atoms with van der Waals surface area (Å²) in [4.78, 5) is 6.70. The third kappa shape index (κ3) is 2.25. The Morgan fingerprint density at radius 1 is 1.25 bits per heavy atom. The van der Waals surface area contributed by atoms with Crippen LogP contribution in [0.15, 0.2) is 24.4 Å². The van der Waals surface area contributed by atoms with E-state index in [1.54, 1.807) is 0 Å². The smallest absolute Gasteiger partial charge is 0.162 e. The number of fused-ring (bicyclic) bond motifs is 2. The van der Waals surface area contributed by atoms with Crippen LogP contribution in [0.1, 0.15) is 6.92 Å². The van der Waals surface area contributed by atoms with Gasteiger partial charge < -0.3 is 20.1 Å². The normalized spacial score (nSPS) is 13.5. The lowest BCUT2D eigenvalue weighted by Gasteiger charge is -2.24. The summed E-state index contributed by atoms with van der Waals surface area (Å²) in [6.45, 7) is 5.57. The molecule has 0 amide bonds. The molecule has 0 unspecified atom stereocenters. The third-order valence-corrected chi connectivity index (χ3v) is 3.49. The monoisotopic (exact) mass is 273 g/mol. The quantitative estimate of drug-likeness (QED) is 0.920. The summed E-state index contributed by atoms with van der Waals surface area (Å²) >= 11 is 0. The minimum atomic E-state index is 0.592. The van der Waals surface area contributed by atoms with Crippen LogP contribution in [0.3, 0.4) is 0 Å². The molecule has 0 saturated heterocycles. The van der Waals surface area contributed by atoms with Gasteiger partial charge in [0.1, 0.15) is 19.0 Å². The van der Waals surface area contributed by atoms with Gasteiger partial charge in [0.25, 0.3) is 0 Å². The van der Waals surface area contributed by atoms with E-state index in [1.165, 1.54) is 0 Å². The molecule has 2 aromatic rings. The van der Waals surface area contributed by atoms with Crippen LogP contribution < -0.4 is 20.1 Å². The van der Waals surface area contributed by atoms with Gasteiger partial charge in [-0.05, 0) is 30.5 Å². The van der Waals surface area contributed by atoms with Gasteiger partial charge in [0.15, 0.2) is 11.5 Å². The summed E-state index contributed by atoms with van der Waals surface area (Å²) in [5, 5.41) is 2.18. The molecule has 2 N–H and O–H groups in total. The fourth-order valence-corrected chi connectivity index (χ4v) is 2.52. The maximum atomic E-state index is 5.68. The first kappa shape index (κ1) is 13.0. The van der Waals surface area contributed by atoms with E-state index in [1.807, 2.05) is 24.4 Å². The van der Waals surface area contributed by atoms with Crippen LogP contribution in [0.25, 0.3) is 10.8 Å². The average Bonchev–Trinajstić information content (AvgIpc) is 2.50. The lowest BCUT2D eigenvalue weighted by atomic mass is 10.1. The van der Waals surface area contributed by atoms with Crippen molar-refractivity contribution in [3.63, 3.8) is 0 Å². The van der Waals surface area contributed by atoms with Crippen molar-refractivity contribution < 1.29 is 9.47 Å². The number of pyridine rings is 1. The molecule has 5 nitrogen and oxygen atoms in total. The molecule has 20 heavy (non-hydrogen) atoms. The molecule has 0 radical (unpaired) electrons. The lowest BCUT2D eigenvalue weighted by Crippen LogP contribution is -2.30. The summed E-state index contributed by atoms with van der Waals surface area (Å²) in [6.07, 6.45) is 1.83. The minimum Gasteiger partial charge on any atom is -0.486 e. The van der Waals surface area contributed by atoms with Crippen molar-refractivity contribution in [3.8, 4) is 11.5 Å². The number of rotatable bonds is 4. The van der Waals surface area contributed by atoms with Crippen LogP contribution in [-0.4, -0.2) is 37.8 Å². The Morgan fingerprint density at radius 3 is 2.70 bits per heavy atom. The fourth-order valence-electron chi connectivity index (χ4n) is 2.52. The van der Waals surface area contributed by atoms with Crippen molar-refractivity contribution >= 4 is 16.6 Å². The first-order valence-electron chi connectivity index (χ1n) is 6.97. The maximum Gasteiger partial charge on any atom is 0.162 e. The van der Waals surface area contributed by atoms with E-state index in [4.69, 9.17) is 15.2 Å². The van der Waals surface area contributed by atoms with Crippen LogP contribution in [0.4, 0.5) is 5.82 Å². The number of benzene rings is 1. The predicted octanol–water partition coefficient (Wildman–Crippen LogP) is 1.79. The van der Waals surface area contributed by atoms with Crippen LogP contribution in [-0.2, 0) is 0 Å². The van der Waals surface area contributed by atoms with Gasteiger partial charge >= 0.3 is 0 Å². The molecule has 0 bridgehead atoms. The zero-order valence-electron chi connectivity index (χ0n) is 11.6. The largest absolute Gasteiger partial charge is 0.486 e. The van der Waals surface area contributed by atoms with Gasteiger partial charge in [-0.15, -0.1) is 0 Å². The Balaban J connectivity index is 2.12. The molecule has 2 heterocycles. The van der Waals surface area contributed by atoms with E-state index in [0.717, 1.165) is 41.2 Å². The molecule has 1 aliphatic heterocycles. The second-order valence-electron chi connectivity index (χ2n) is 4.72. The van der Waals surface area contributed by atoms with Crippen LogP contribution in [0, 0.1) is 0 Å². The maximum absolute atomic E-state index is 5.68. The van der Waals surface area contributed by atoms with Gasteiger partial charge in [0, 0.05) is 31.2 Å². The first-order chi connectivity index (χ1) is 9.83. The number of likely N-dealkylation sites (N-methyl/N-ethyl adjacent to an activating group) is 1. The van der Waals surface area contributed by atoms with Crippen molar-refractivity contribution in [1.29, 1.82) is 0 Å². The summed E-state index contributed by atoms with van der Waals surface area (Å²) in [5.41, 5.74) is 5.68. The molecule has 0 spiro atoms. The first-order valence-corrected chi connectivity index (χ1v) is 6.97. The Bertz CT molecular complexity index is 615. The third-order valence-electron chi connectivity index (χ3n) is 3.49. The molecule has 5 heteroatoms.